The number of nitrogens with one attached hydrogen (secondary N) is 2. The van der Waals surface area contributed by atoms with Crippen molar-refractivity contribution in [1.82, 2.24) is 5.32 Å². The van der Waals surface area contributed by atoms with Crippen molar-refractivity contribution in [3.63, 3.8) is 0 Å². The Morgan fingerprint density at radius 3 is 2.37 bits per heavy atom. The predicted octanol–water partition coefficient (Wildman–Crippen LogP) is 1.63. The molecule has 1 heterocycles. The van der Waals surface area contributed by atoms with Crippen molar-refractivity contribution in [3.8, 4) is 0 Å². The third-order valence-corrected chi connectivity index (χ3v) is 5.04. The molecule has 2 amide bonds. The van der Waals surface area contributed by atoms with Crippen molar-refractivity contribution in [1.29, 1.82) is 0 Å². The molecule has 0 saturated carbocycles. The van der Waals surface area contributed by atoms with Crippen LogP contribution in [0.15, 0.2) is 54.6 Å². The molecule has 1 atom stereocenters. The summed E-state index contributed by atoms with van der Waals surface area (Å²) in [6.07, 6.45) is 2.20. The van der Waals surface area contributed by atoms with Gasteiger partial charge in [-0.15, -0.1) is 0 Å². The Balaban J connectivity index is 1.70. The number of nitrogens with two attached hydrogens (primary N) is 1. The van der Waals surface area contributed by atoms with E-state index in [0.29, 0.717) is 6.42 Å². The summed E-state index contributed by atoms with van der Waals surface area (Å²) in [5, 5.41) is 8.17. The summed E-state index contributed by atoms with van der Waals surface area (Å²) in [5.41, 5.74) is 2.90. The SMILES string of the molecule is Cc1ccc(NC(=O)[C@H](Cc2ccccc2)NC(=O)C2CC[NH2+]CC2)cc1. The van der Waals surface area contributed by atoms with Crippen molar-refractivity contribution in [2.24, 2.45) is 5.92 Å². The maximum absolute atomic E-state index is 12.9. The predicted molar refractivity (Wildman–Crippen MR) is 106 cm³/mol. The normalized spacial score (nSPS) is 15.7. The van der Waals surface area contributed by atoms with Crippen LogP contribution in [0.5, 0.6) is 0 Å². The molecule has 5 nitrogen and oxygen atoms in total. The second-order valence-corrected chi connectivity index (χ2v) is 7.25. The van der Waals surface area contributed by atoms with E-state index in [1.54, 1.807) is 0 Å². The Bertz CT molecular complexity index is 753. The maximum atomic E-state index is 12.9. The van der Waals surface area contributed by atoms with Gasteiger partial charge in [0.15, 0.2) is 0 Å². The number of piperidine rings is 1. The van der Waals surface area contributed by atoms with Gasteiger partial charge in [-0.2, -0.15) is 0 Å². The molecule has 2 aromatic rings. The minimum atomic E-state index is -0.591. The van der Waals surface area contributed by atoms with E-state index in [2.05, 4.69) is 16.0 Å². The molecule has 0 aliphatic carbocycles. The first-order valence-electron chi connectivity index (χ1n) is 9.65. The lowest BCUT2D eigenvalue weighted by molar-refractivity contribution is -0.664. The Labute approximate surface area is 160 Å². The van der Waals surface area contributed by atoms with Crippen LogP contribution in [0.2, 0.25) is 0 Å². The van der Waals surface area contributed by atoms with E-state index in [4.69, 9.17) is 0 Å². The Hall–Kier alpha value is -2.66. The molecule has 1 saturated heterocycles. The van der Waals surface area contributed by atoms with E-state index >= 15 is 0 Å². The molecule has 1 aliphatic heterocycles. The minimum Gasteiger partial charge on any atom is -0.346 e. The zero-order valence-electron chi connectivity index (χ0n) is 15.8. The van der Waals surface area contributed by atoms with Gasteiger partial charge in [0, 0.05) is 30.9 Å². The van der Waals surface area contributed by atoms with Gasteiger partial charge in [0.1, 0.15) is 6.04 Å². The molecule has 0 bridgehead atoms. The number of hydrogen-bond donors (Lipinski definition) is 3. The lowest BCUT2D eigenvalue weighted by atomic mass is 9.96. The Morgan fingerprint density at radius 2 is 1.70 bits per heavy atom. The summed E-state index contributed by atoms with van der Waals surface area (Å²) in [7, 11) is 0. The first-order valence-corrected chi connectivity index (χ1v) is 9.65. The number of carbonyl (C=O) groups is 2. The number of quaternary nitrogens is 1. The van der Waals surface area contributed by atoms with Gasteiger partial charge in [-0.3, -0.25) is 9.59 Å². The number of rotatable bonds is 6. The average Bonchev–Trinajstić information content (AvgIpc) is 2.70. The molecule has 0 spiro atoms. The molecule has 0 unspecified atom stereocenters. The molecule has 27 heavy (non-hydrogen) atoms. The monoisotopic (exact) mass is 366 g/mol. The molecule has 1 aliphatic rings. The molecular weight excluding hydrogens is 338 g/mol. The van der Waals surface area contributed by atoms with E-state index in [1.807, 2.05) is 61.5 Å². The second-order valence-electron chi connectivity index (χ2n) is 7.25. The van der Waals surface area contributed by atoms with Gasteiger partial charge in [-0.05, 0) is 24.6 Å². The summed E-state index contributed by atoms with van der Waals surface area (Å²) >= 11 is 0. The maximum Gasteiger partial charge on any atom is 0.247 e. The van der Waals surface area contributed by atoms with Crippen LogP contribution in [0.1, 0.15) is 24.0 Å². The number of benzene rings is 2. The Kier molecular flexibility index (Phi) is 6.60. The minimum absolute atomic E-state index is 0.000415. The zero-order chi connectivity index (χ0) is 19.1. The first kappa shape index (κ1) is 19.1. The van der Waals surface area contributed by atoms with Gasteiger partial charge in [0.25, 0.3) is 0 Å². The highest BCUT2D eigenvalue weighted by Crippen LogP contribution is 2.13. The highest BCUT2D eigenvalue weighted by Gasteiger charge is 2.28. The quantitative estimate of drug-likeness (QED) is 0.727. The number of anilines is 1. The fourth-order valence-corrected chi connectivity index (χ4v) is 3.40. The fraction of sp³-hybridized carbons (Fsp3) is 0.364. The van der Waals surface area contributed by atoms with Crippen LogP contribution >= 0.6 is 0 Å². The van der Waals surface area contributed by atoms with Gasteiger partial charge in [-0.1, -0.05) is 48.0 Å². The van der Waals surface area contributed by atoms with Crippen molar-refractivity contribution in [2.75, 3.05) is 18.4 Å². The smallest absolute Gasteiger partial charge is 0.247 e. The highest BCUT2D eigenvalue weighted by atomic mass is 16.2. The lowest BCUT2D eigenvalue weighted by Crippen LogP contribution is -2.86. The summed E-state index contributed by atoms with van der Waals surface area (Å²) in [5.74, 6) is -0.193. The molecule has 0 radical (unpaired) electrons. The van der Waals surface area contributed by atoms with Crippen molar-refractivity contribution >= 4 is 17.5 Å². The van der Waals surface area contributed by atoms with Crippen LogP contribution in [-0.2, 0) is 16.0 Å². The standard InChI is InChI=1S/C22H27N3O2/c1-16-7-9-19(10-8-16)24-22(27)20(15-17-5-3-2-4-6-17)25-21(26)18-11-13-23-14-12-18/h2-10,18,20,23H,11-15H2,1H3,(H,24,27)(H,25,26)/p+1/t20-/m0/s1. The van der Waals surface area contributed by atoms with Crippen molar-refractivity contribution in [3.05, 3.63) is 65.7 Å². The summed E-state index contributed by atoms with van der Waals surface area (Å²) in [6.45, 7) is 3.94. The van der Waals surface area contributed by atoms with E-state index in [1.165, 1.54) is 0 Å². The molecule has 1 fully saturated rings. The van der Waals surface area contributed by atoms with Crippen molar-refractivity contribution in [2.45, 2.75) is 32.2 Å². The molecule has 3 rings (SSSR count). The van der Waals surface area contributed by atoms with E-state index in [-0.39, 0.29) is 17.7 Å². The third kappa shape index (κ3) is 5.66. The first-order chi connectivity index (χ1) is 13.1. The average molecular weight is 366 g/mol. The zero-order valence-corrected chi connectivity index (χ0v) is 15.8. The highest BCUT2D eigenvalue weighted by molar-refractivity contribution is 5.97. The van der Waals surface area contributed by atoms with Gasteiger partial charge in [0.2, 0.25) is 11.8 Å². The van der Waals surface area contributed by atoms with Gasteiger partial charge >= 0.3 is 0 Å². The molecule has 4 N–H and O–H groups in total. The van der Waals surface area contributed by atoms with Gasteiger partial charge in [0.05, 0.1) is 13.1 Å². The second kappa shape index (κ2) is 9.33. The van der Waals surface area contributed by atoms with E-state index in [0.717, 1.165) is 42.7 Å². The fourth-order valence-electron chi connectivity index (χ4n) is 3.40. The summed E-state index contributed by atoms with van der Waals surface area (Å²) in [4.78, 5) is 25.6. The summed E-state index contributed by atoms with van der Waals surface area (Å²) in [6, 6.07) is 16.9. The number of aryl methyl sites for hydroxylation is 1. The third-order valence-electron chi connectivity index (χ3n) is 5.04. The lowest BCUT2D eigenvalue weighted by Gasteiger charge is -2.24. The van der Waals surface area contributed by atoms with Gasteiger partial charge in [-0.25, -0.2) is 0 Å². The van der Waals surface area contributed by atoms with E-state index < -0.39 is 6.04 Å². The molecule has 0 aromatic heterocycles. The molecule has 142 valence electrons. The molecule has 5 heteroatoms. The number of amides is 2. The topological polar surface area (TPSA) is 74.8 Å². The molecule has 2 aromatic carbocycles. The number of carbonyl (C=O) groups excluding carboxylic acids is 2. The largest absolute Gasteiger partial charge is 0.346 e. The Morgan fingerprint density at radius 1 is 1.04 bits per heavy atom. The summed E-state index contributed by atoms with van der Waals surface area (Å²) < 4.78 is 0. The van der Waals surface area contributed by atoms with Crippen LogP contribution in [0.25, 0.3) is 0 Å². The van der Waals surface area contributed by atoms with Gasteiger partial charge < -0.3 is 16.0 Å². The van der Waals surface area contributed by atoms with Crippen LogP contribution in [-0.4, -0.2) is 30.9 Å². The van der Waals surface area contributed by atoms with Crippen LogP contribution < -0.4 is 16.0 Å². The van der Waals surface area contributed by atoms with Crippen LogP contribution in [0.3, 0.4) is 0 Å². The van der Waals surface area contributed by atoms with E-state index in [9.17, 15) is 9.59 Å². The van der Waals surface area contributed by atoms with Crippen LogP contribution in [0.4, 0.5) is 5.69 Å². The molecular formula is C22H28N3O2+. The van der Waals surface area contributed by atoms with Crippen LogP contribution in [0, 0.1) is 12.8 Å². The number of hydrogen-bond acceptors (Lipinski definition) is 2. The van der Waals surface area contributed by atoms with Crippen molar-refractivity contribution < 1.29 is 14.9 Å².